The molecule has 2 aliphatic carbocycles. The monoisotopic (exact) mass is 410 g/mol. The second-order valence-electron chi connectivity index (χ2n) is 9.42. The molecule has 0 atom stereocenters. The number of aromatic nitrogens is 1. The van der Waals surface area contributed by atoms with Gasteiger partial charge < -0.3 is 20.9 Å². The summed E-state index contributed by atoms with van der Waals surface area (Å²) < 4.78 is 0. The van der Waals surface area contributed by atoms with E-state index in [0.29, 0.717) is 12.1 Å². The average molecular weight is 411 g/mol. The molecule has 7 nitrogen and oxygen atoms in total. The fourth-order valence-electron chi connectivity index (χ4n) is 5.49. The number of carbonyl (C=O) groups excluding carboxylic acids is 1. The lowest BCUT2D eigenvalue weighted by Crippen LogP contribution is -2.60. The third-order valence-corrected chi connectivity index (χ3v) is 7.35. The maximum absolute atomic E-state index is 12.8. The van der Waals surface area contributed by atoms with Crippen LogP contribution >= 0.6 is 0 Å². The van der Waals surface area contributed by atoms with Crippen molar-refractivity contribution in [1.82, 2.24) is 15.2 Å². The number of amides is 2. The van der Waals surface area contributed by atoms with Crippen LogP contribution in [0.5, 0.6) is 0 Å². The van der Waals surface area contributed by atoms with Gasteiger partial charge in [-0.15, -0.1) is 0 Å². The van der Waals surface area contributed by atoms with Gasteiger partial charge in [0.1, 0.15) is 5.84 Å². The molecule has 2 aliphatic heterocycles. The zero-order valence-electron chi connectivity index (χ0n) is 17.8. The fourth-order valence-corrected chi connectivity index (χ4v) is 5.49. The van der Waals surface area contributed by atoms with Crippen LogP contribution in [0.3, 0.4) is 0 Å². The Balaban J connectivity index is 1.30. The lowest BCUT2D eigenvalue weighted by molar-refractivity contribution is 0.170. The quantitative estimate of drug-likeness (QED) is 0.684. The number of likely N-dealkylation sites (tertiary alicyclic amines) is 1. The number of pyridine rings is 1. The summed E-state index contributed by atoms with van der Waals surface area (Å²) in [5.74, 6) is 1.88. The van der Waals surface area contributed by atoms with Gasteiger partial charge in [0.2, 0.25) is 0 Å². The summed E-state index contributed by atoms with van der Waals surface area (Å²) in [6.45, 7) is 1.49. The van der Waals surface area contributed by atoms with E-state index in [9.17, 15) is 4.79 Å². The minimum Gasteiger partial charge on any atom is -0.370 e. The second kappa shape index (κ2) is 8.44. The number of nitrogens with zero attached hydrogens (tertiary/aromatic N) is 3. The summed E-state index contributed by atoms with van der Waals surface area (Å²) in [6, 6.07) is 4.91. The summed E-state index contributed by atoms with van der Waals surface area (Å²) >= 11 is 0. The Morgan fingerprint density at radius 3 is 2.60 bits per heavy atom. The first-order valence-electron chi connectivity index (χ1n) is 11.9. The molecule has 162 valence electrons. The molecule has 0 radical (unpaired) electrons. The highest BCUT2D eigenvalue weighted by molar-refractivity contribution is 6.08. The van der Waals surface area contributed by atoms with E-state index in [-0.39, 0.29) is 11.6 Å². The minimum absolute atomic E-state index is 0.108. The third-order valence-electron chi connectivity index (χ3n) is 7.35. The summed E-state index contributed by atoms with van der Waals surface area (Å²) in [6.07, 6.45) is 14.4. The van der Waals surface area contributed by atoms with Crippen molar-refractivity contribution < 1.29 is 4.79 Å². The highest BCUT2D eigenvalue weighted by Gasteiger charge is 2.44. The molecule has 0 unspecified atom stereocenters. The number of aliphatic imine (C=N–C) groups is 1. The first-order valence-corrected chi connectivity index (χ1v) is 11.9. The fraction of sp³-hybridized carbons (Fsp3) is 0.696. The van der Waals surface area contributed by atoms with Crippen LogP contribution in [-0.2, 0) is 0 Å². The standard InChI is InChI=1S/C23H34N6O/c30-22(26-18-7-2-1-3-8-18)29-15-12-23(13-16-29)21(25-17-9-4-5-10-17)27-20-19(28-23)11-6-14-24-20/h6,11,14,17-18,28H,1-5,7-10,12-13,15-16H2,(H,26,30)(H,24,25,27). The van der Waals surface area contributed by atoms with Crippen LogP contribution in [0.1, 0.15) is 70.6 Å². The first-order chi connectivity index (χ1) is 14.7. The van der Waals surface area contributed by atoms with Gasteiger partial charge in [-0.25, -0.2) is 9.78 Å². The molecule has 30 heavy (non-hydrogen) atoms. The Kier molecular flexibility index (Phi) is 5.52. The third kappa shape index (κ3) is 3.98. The van der Waals surface area contributed by atoms with Crippen molar-refractivity contribution in [3.05, 3.63) is 18.3 Å². The molecule has 0 aromatic carbocycles. The average Bonchev–Trinajstić information content (AvgIpc) is 3.29. The van der Waals surface area contributed by atoms with E-state index in [1.165, 1.54) is 44.9 Å². The smallest absolute Gasteiger partial charge is 0.317 e. The molecule has 3 heterocycles. The van der Waals surface area contributed by atoms with Crippen LogP contribution < -0.4 is 16.0 Å². The number of urea groups is 1. The topological polar surface area (TPSA) is 81.7 Å². The summed E-state index contributed by atoms with van der Waals surface area (Å²) in [5.41, 5.74) is 0.795. The zero-order chi connectivity index (χ0) is 20.4. The van der Waals surface area contributed by atoms with E-state index < -0.39 is 0 Å². The Morgan fingerprint density at radius 1 is 1.10 bits per heavy atom. The van der Waals surface area contributed by atoms with Gasteiger partial charge in [0.15, 0.2) is 5.82 Å². The van der Waals surface area contributed by atoms with Crippen molar-refractivity contribution in [2.45, 2.75) is 88.3 Å². The number of piperidine rings is 1. The van der Waals surface area contributed by atoms with Crippen molar-refractivity contribution >= 4 is 23.4 Å². The predicted molar refractivity (Wildman–Crippen MR) is 120 cm³/mol. The second-order valence-corrected chi connectivity index (χ2v) is 9.42. The van der Waals surface area contributed by atoms with Crippen LogP contribution in [0, 0.1) is 0 Å². The lowest BCUT2D eigenvalue weighted by Gasteiger charge is -2.46. The largest absolute Gasteiger partial charge is 0.370 e. The van der Waals surface area contributed by atoms with Gasteiger partial charge in [-0.3, -0.25) is 4.99 Å². The molecule has 0 bridgehead atoms. The van der Waals surface area contributed by atoms with E-state index in [0.717, 1.165) is 56.1 Å². The molecule has 3 N–H and O–H groups in total. The van der Waals surface area contributed by atoms with Crippen LogP contribution in [0.2, 0.25) is 0 Å². The number of fused-ring (bicyclic) bond motifs is 1. The SMILES string of the molecule is O=C(NC1CCCCC1)N1CCC2(CC1)Nc1cccnc1NC2=NC1CCCC1. The highest BCUT2D eigenvalue weighted by atomic mass is 16.2. The van der Waals surface area contributed by atoms with E-state index >= 15 is 0 Å². The summed E-state index contributed by atoms with van der Waals surface area (Å²) in [7, 11) is 0. The molecule has 4 aliphatic rings. The van der Waals surface area contributed by atoms with Gasteiger partial charge in [0.05, 0.1) is 17.3 Å². The van der Waals surface area contributed by atoms with Crippen molar-refractivity contribution in [2.75, 3.05) is 23.7 Å². The van der Waals surface area contributed by atoms with Gasteiger partial charge >= 0.3 is 6.03 Å². The van der Waals surface area contributed by atoms with Gasteiger partial charge in [0, 0.05) is 25.3 Å². The predicted octanol–water partition coefficient (Wildman–Crippen LogP) is 4.14. The van der Waals surface area contributed by atoms with E-state index in [1.54, 1.807) is 0 Å². The van der Waals surface area contributed by atoms with E-state index in [4.69, 9.17) is 4.99 Å². The maximum atomic E-state index is 12.8. The van der Waals surface area contributed by atoms with Crippen LogP contribution in [0.15, 0.2) is 23.3 Å². The molecular weight excluding hydrogens is 376 g/mol. The van der Waals surface area contributed by atoms with E-state index in [2.05, 4.69) is 27.0 Å². The lowest BCUT2D eigenvalue weighted by atomic mass is 9.84. The molecule has 1 saturated heterocycles. The first kappa shape index (κ1) is 19.6. The van der Waals surface area contributed by atoms with E-state index in [1.807, 2.05) is 17.2 Å². The zero-order valence-corrected chi connectivity index (χ0v) is 17.8. The van der Waals surface area contributed by atoms with Crippen LogP contribution in [0.25, 0.3) is 0 Å². The van der Waals surface area contributed by atoms with Crippen molar-refractivity contribution in [3.8, 4) is 0 Å². The Morgan fingerprint density at radius 2 is 1.83 bits per heavy atom. The van der Waals surface area contributed by atoms with Gasteiger partial charge in [-0.05, 0) is 50.7 Å². The molecule has 2 saturated carbocycles. The molecule has 1 spiro atoms. The molecule has 1 aromatic heterocycles. The van der Waals surface area contributed by atoms with Gasteiger partial charge in [0.25, 0.3) is 0 Å². The number of hydrogen-bond donors (Lipinski definition) is 3. The maximum Gasteiger partial charge on any atom is 0.317 e. The number of amidine groups is 1. The molecule has 2 amide bonds. The normalized spacial score (nSPS) is 25.6. The number of anilines is 2. The minimum atomic E-state index is -0.236. The Bertz CT molecular complexity index is 789. The molecule has 3 fully saturated rings. The molecule has 7 heteroatoms. The highest BCUT2D eigenvalue weighted by Crippen LogP contribution is 2.37. The number of nitrogens with one attached hydrogen (secondary N) is 3. The molecule has 1 aromatic rings. The van der Waals surface area contributed by atoms with Crippen molar-refractivity contribution in [2.24, 2.45) is 4.99 Å². The number of carbonyl (C=O) groups is 1. The summed E-state index contributed by atoms with van der Waals surface area (Å²) in [5, 5.41) is 10.6. The van der Waals surface area contributed by atoms with Crippen LogP contribution in [-0.4, -0.2) is 52.5 Å². The van der Waals surface area contributed by atoms with Crippen LogP contribution in [0.4, 0.5) is 16.3 Å². The number of rotatable bonds is 2. The number of hydrogen-bond acceptors (Lipinski definition) is 4. The van der Waals surface area contributed by atoms with Crippen molar-refractivity contribution in [3.63, 3.8) is 0 Å². The molecule has 5 rings (SSSR count). The van der Waals surface area contributed by atoms with Gasteiger partial charge in [-0.2, -0.15) is 0 Å². The van der Waals surface area contributed by atoms with Gasteiger partial charge in [-0.1, -0.05) is 32.1 Å². The molecular formula is C23H34N6O. The van der Waals surface area contributed by atoms with Crippen molar-refractivity contribution in [1.29, 1.82) is 0 Å². The summed E-state index contributed by atoms with van der Waals surface area (Å²) in [4.78, 5) is 24.5. The Hall–Kier alpha value is -2.31. The Labute approximate surface area is 179 Å².